The summed E-state index contributed by atoms with van der Waals surface area (Å²) in [5, 5.41) is 9.67. The standard InChI is InChI=1S/C6H7BrO4/c7-1-2(8)3-4-5(10-4)6(9)11-3/h2-5,8H,1H2/t2-,3+,4+,5+/m1/s1. The summed E-state index contributed by atoms with van der Waals surface area (Å²) >= 11 is 3.09. The van der Waals surface area contributed by atoms with E-state index in [1.54, 1.807) is 0 Å². The Bertz CT molecular complexity index is 195. The molecule has 0 bridgehead atoms. The van der Waals surface area contributed by atoms with Crippen molar-refractivity contribution in [2.75, 3.05) is 5.33 Å². The number of carbonyl (C=O) groups excluding carboxylic acids is 1. The van der Waals surface area contributed by atoms with E-state index in [0.717, 1.165) is 0 Å². The average Bonchev–Trinajstić information content (AvgIpc) is 2.72. The van der Waals surface area contributed by atoms with Crippen molar-refractivity contribution >= 4 is 21.9 Å². The Morgan fingerprint density at radius 3 is 2.82 bits per heavy atom. The first-order valence-electron chi connectivity index (χ1n) is 3.34. The van der Waals surface area contributed by atoms with Crippen LogP contribution in [0, 0.1) is 0 Å². The van der Waals surface area contributed by atoms with E-state index < -0.39 is 18.3 Å². The van der Waals surface area contributed by atoms with Gasteiger partial charge in [0.1, 0.15) is 12.2 Å². The summed E-state index contributed by atoms with van der Waals surface area (Å²) in [5.41, 5.74) is 0. The molecular formula is C6H7BrO4. The lowest BCUT2D eigenvalue weighted by Crippen LogP contribution is -2.32. The maximum Gasteiger partial charge on any atom is 0.338 e. The van der Waals surface area contributed by atoms with Gasteiger partial charge < -0.3 is 14.6 Å². The third-order valence-electron chi connectivity index (χ3n) is 1.87. The third-order valence-corrected chi connectivity index (χ3v) is 2.53. The fraction of sp³-hybridized carbons (Fsp3) is 0.833. The van der Waals surface area contributed by atoms with Crippen LogP contribution in [-0.4, -0.2) is 40.8 Å². The van der Waals surface area contributed by atoms with E-state index in [9.17, 15) is 9.90 Å². The van der Waals surface area contributed by atoms with Crippen molar-refractivity contribution in [1.82, 2.24) is 0 Å². The third kappa shape index (κ3) is 1.07. The maximum absolute atomic E-state index is 10.8. The second-order valence-electron chi connectivity index (χ2n) is 2.64. The molecule has 2 aliphatic heterocycles. The van der Waals surface area contributed by atoms with Gasteiger partial charge in [0, 0.05) is 5.33 Å². The van der Waals surface area contributed by atoms with Crippen LogP contribution in [0.2, 0.25) is 0 Å². The van der Waals surface area contributed by atoms with Crippen molar-refractivity contribution in [3.63, 3.8) is 0 Å². The predicted molar refractivity (Wildman–Crippen MR) is 38.3 cm³/mol. The van der Waals surface area contributed by atoms with E-state index in [-0.39, 0.29) is 12.1 Å². The van der Waals surface area contributed by atoms with E-state index in [1.165, 1.54) is 0 Å². The van der Waals surface area contributed by atoms with Gasteiger partial charge in [-0.3, -0.25) is 0 Å². The first-order chi connectivity index (χ1) is 5.24. The number of aliphatic hydroxyl groups is 1. The lowest BCUT2D eigenvalue weighted by Gasteiger charge is -2.15. The van der Waals surface area contributed by atoms with Gasteiger partial charge in [0.15, 0.2) is 12.2 Å². The number of epoxide rings is 1. The number of alkyl halides is 1. The number of aliphatic hydroxyl groups excluding tert-OH is 1. The van der Waals surface area contributed by atoms with Crippen LogP contribution < -0.4 is 0 Å². The molecule has 0 radical (unpaired) electrons. The van der Waals surface area contributed by atoms with E-state index >= 15 is 0 Å². The molecule has 2 heterocycles. The van der Waals surface area contributed by atoms with Crippen LogP contribution >= 0.6 is 15.9 Å². The van der Waals surface area contributed by atoms with Crippen LogP contribution in [0.3, 0.4) is 0 Å². The maximum atomic E-state index is 10.8. The van der Waals surface area contributed by atoms with Crippen molar-refractivity contribution in [3.8, 4) is 0 Å². The van der Waals surface area contributed by atoms with Crippen molar-refractivity contribution in [3.05, 3.63) is 0 Å². The summed E-state index contributed by atoms with van der Waals surface area (Å²) in [6.07, 6.45) is -1.72. The lowest BCUT2D eigenvalue weighted by atomic mass is 10.1. The molecule has 0 spiro atoms. The Morgan fingerprint density at radius 1 is 1.73 bits per heavy atom. The van der Waals surface area contributed by atoms with Crippen LogP contribution in [0.25, 0.3) is 0 Å². The van der Waals surface area contributed by atoms with Crippen LogP contribution in [0.5, 0.6) is 0 Å². The smallest absolute Gasteiger partial charge is 0.338 e. The number of ether oxygens (including phenoxy) is 2. The quantitative estimate of drug-likeness (QED) is 0.387. The van der Waals surface area contributed by atoms with E-state index in [2.05, 4.69) is 15.9 Å². The zero-order chi connectivity index (χ0) is 8.01. The molecular weight excluding hydrogens is 216 g/mol. The molecule has 2 aliphatic rings. The first kappa shape index (κ1) is 7.52. The number of halogens is 1. The van der Waals surface area contributed by atoms with Crippen molar-refractivity contribution < 1.29 is 19.4 Å². The van der Waals surface area contributed by atoms with Gasteiger partial charge in [0.2, 0.25) is 0 Å². The molecule has 2 saturated heterocycles. The van der Waals surface area contributed by atoms with Gasteiger partial charge in [0.05, 0.1) is 0 Å². The van der Waals surface area contributed by atoms with Crippen molar-refractivity contribution in [2.24, 2.45) is 0 Å². The Morgan fingerprint density at radius 2 is 2.45 bits per heavy atom. The highest BCUT2D eigenvalue weighted by Crippen LogP contribution is 2.36. The highest BCUT2D eigenvalue weighted by Gasteiger charge is 2.60. The number of hydrogen-bond donors (Lipinski definition) is 1. The Kier molecular flexibility index (Phi) is 1.66. The minimum atomic E-state index is -0.656. The number of hydrogen-bond acceptors (Lipinski definition) is 4. The fourth-order valence-corrected chi connectivity index (χ4v) is 1.59. The number of esters is 1. The molecule has 4 atom stereocenters. The highest BCUT2D eigenvalue weighted by molar-refractivity contribution is 9.09. The summed E-state index contributed by atoms with van der Waals surface area (Å²) in [4.78, 5) is 10.8. The lowest BCUT2D eigenvalue weighted by molar-refractivity contribution is -0.154. The van der Waals surface area contributed by atoms with Gasteiger partial charge in [0.25, 0.3) is 0 Å². The SMILES string of the molecule is O=C1O[C@@H]([C@H](O)CBr)[C@@H]2O[C@H]12. The molecule has 0 aromatic rings. The molecule has 0 aromatic heterocycles. The topological polar surface area (TPSA) is 59.1 Å². The van der Waals surface area contributed by atoms with E-state index in [0.29, 0.717) is 5.33 Å². The Labute approximate surface area is 71.6 Å². The first-order valence-corrected chi connectivity index (χ1v) is 4.46. The molecule has 0 unspecified atom stereocenters. The molecule has 4 nitrogen and oxygen atoms in total. The number of cyclic esters (lactones) is 1. The van der Waals surface area contributed by atoms with Crippen molar-refractivity contribution in [1.29, 1.82) is 0 Å². The highest BCUT2D eigenvalue weighted by atomic mass is 79.9. The summed E-state index contributed by atoms with van der Waals surface area (Å²) in [6.45, 7) is 0. The number of fused-ring (bicyclic) bond motifs is 1. The van der Waals surface area contributed by atoms with Crippen LogP contribution in [0.4, 0.5) is 0 Å². The zero-order valence-corrected chi connectivity index (χ0v) is 7.15. The summed E-state index contributed by atoms with van der Waals surface area (Å²) in [7, 11) is 0. The Hall–Kier alpha value is -0.130. The monoisotopic (exact) mass is 222 g/mol. The zero-order valence-electron chi connectivity index (χ0n) is 5.57. The van der Waals surface area contributed by atoms with E-state index in [4.69, 9.17) is 9.47 Å². The second-order valence-corrected chi connectivity index (χ2v) is 3.29. The summed E-state index contributed by atoms with van der Waals surface area (Å²) in [5.74, 6) is -0.347. The second kappa shape index (κ2) is 2.43. The molecule has 0 aliphatic carbocycles. The van der Waals surface area contributed by atoms with Crippen LogP contribution in [0.1, 0.15) is 0 Å². The molecule has 0 saturated carbocycles. The van der Waals surface area contributed by atoms with Gasteiger partial charge in [-0.1, -0.05) is 15.9 Å². The van der Waals surface area contributed by atoms with Gasteiger partial charge in [-0.15, -0.1) is 0 Å². The van der Waals surface area contributed by atoms with Crippen LogP contribution in [0.15, 0.2) is 0 Å². The van der Waals surface area contributed by atoms with Crippen molar-refractivity contribution in [2.45, 2.75) is 24.4 Å². The Balaban J connectivity index is 2.01. The normalized spacial score (nSPS) is 43.1. The molecule has 5 heteroatoms. The predicted octanol–water partition coefficient (Wildman–Crippen LogP) is -0.565. The molecule has 2 rings (SSSR count). The molecule has 62 valence electrons. The van der Waals surface area contributed by atoms with Gasteiger partial charge >= 0.3 is 5.97 Å². The largest absolute Gasteiger partial charge is 0.455 e. The van der Waals surface area contributed by atoms with Gasteiger partial charge in [-0.2, -0.15) is 0 Å². The number of carbonyl (C=O) groups is 1. The van der Waals surface area contributed by atoms with Gasteiger partial charge in [-0.05, 0) is 0 Å². The molecule has 0 aromatic carbocycles. The minimum absolute atomic E-state index is 0.199. The summed E-state index contributed by atoms with van der Waals surface area (Å²) < 4.78 is 9.78. The molecule has 11 heavy (non-hydrogen) atoms. The van der Waals surface area contributed by atoms with Crippen LogP contribution in [-0.2, 0) is 14.3 Å². The molecule has 2 fully saturated rings. The fourth-order valence-electron chi connectivity index (χ4n) is 1.22. The van der Waals surface area contributed by atoms with Gasteiger partial charge in [-0.25, -0.2) is 4.79 Å². The molecule has 0 amide bonds. The summed E-state index contributed by atoms with van der Waals surface area (Å²) in [6, 6.07) is 0. The average molecular weight is 223 g/mol. The number of rotatable bonds is 2. The van der Waals surface area contributed by atoms with E-state index in [1.807, 2.05) is 0 Å². The minimum Gasteiger partial charge on any atom is -0.455 e. The molecule has 1 N–H and O–H groups in total.